The van der Waals surface area contributed by atoms with Gasteiger partial charge in [-0.3, -0.25) is 14.6 Å². The molecule has 3 heteroatoms. The molecule has 2 fully saturated rings. The summed E-state index contributed by atoms with van der Waals surface area (Å²) in [6.45, 7) is 9.58. The highest BCUT2D eigenvalue weighted by molar-refractivity contribution is 5.83. The van der Waals surface area contributed by atoms with E-state index in [0.29, 0.717) is 24.3 Å². The minimum atomic E-state index is 0.387. The molecular weight excluding hydrogens is 212 g/mol. The predicted octanol–water partition coefficient (Wildman–Crippen LogP) is 1.77. The van der Waals surface area contributed by atoms with Crippen LogP contribution in [0.5, 0.6) is 0 Å². The number of ketones is 1. The summed E-state index contributed by atoms with van der Waals surface area (Å²) in [5, 5.41) is 0. The number of carbonyl (C=O) groups is 1. The Morgan fingerprint density at radius 3 is 2.24 bits per heavy atom. The molecule has 0 aromatic rings. The number of piperazine rings is 1. The van der Waals surface area contributed by atoms with E-state index in [-0.39, 0.29) is 0 Å². The molecule has 1 saturated carbocycles. The molecule has 0 spiro atoms. The number of hydrogen-bond donors (Lipinski definition) is 0. The SMILES string of the molecule is CC(C)N1CCN(CC(=O)C2CCCC2)CC1. The van der Waals surface area contributed by atoms with Gasteiger partial charge in [0.05, 0.1) is 6.54 Å². The van der Waals surface area contributed by atoms with Crippen molar-refractivity contribution in [2.45, 2.75) is 45.6 Å². The molecule has 17 heavy (non-hydrogen) atoms. The number of nitrogens with zero attached hydrogens (tertiary/aromatic N) is 2. The van der Waals surface area contributed by atoms with Crippen LogP contribution in [-0.2, 0) is 4.79 Å². The summed E-state index contributed by atoms with van der Waals surface area (Å²) in [6.07, 6.45) is 4.81. The van der Waals surface area contributed by atoms with Gasteiger partial charge in [-0.1, -0.05) is 12.8 Å². The molecule has 1 saturated heterocycles. The van der Waals surface area contributed by atoms with Gasteiger partial charge in [-0.25, -0.2) is 0 Å². The van der Waals surface area contributed by atoms with Crippen molar-refractivity contribution in [2.24, 2.45) is 5.92 Å². The van der Waals surface area contributed by atoms with E-state index in [9.17, 15) is 4.79 Å². The third-order valence-corrected chi connectivity index (χ3v) is 4.33. The van der Waals surface area contributed by atoms with Crippen molar-refractivity contribution < 1.29 is 4.79 Å². The van der Waals surface area contributed by atoms with Gasteiger partial charge in [-0.05, 0) is 26.7 Å². The molecule has 0 radical (unpaired) electrons. The number of rotatable bonds is 4. The fourth-order valence-corrected chi connectivity index (χ4v) is 3.04. The third-order valence-electron chi connectivity index (χ3n) is 4.33. The molecule has 1 heterocycles. The molecule has 0 amide bonds. The Kier molecular flexibility index (Phi) is 4.57. The van der Waals surface area contributed by atoms with Crippen LogP contribution in [0.25, 0.3) is 0 Å². The summed E-state index contributed by atoms with van der Waals surface area (Å²) < 4.78 is 0. The van der Waals surface area contributed by atoms with Crippen molar-refractivity contribution in [2.75, 3.05) is 32.7 Å². The standard InChI is InChI=1S/C14H26N2O/c1-12(2)16-9-7-15(8-10-16)11-14(17)13-5-3-4-6-13/h12-13H,3-11H2,1-2H3. The number of hydrogen-bond acceptors (Lipinski definition) is 3. The van der Waals surface area contributed by atoms with Gasteiger partial charge in [-0.15, -0.1) is 0 Å². The molecule has 3 nitrogen and oxygen atoms in total. The molecule has 0 bridgehead atoms. The maximum atomic E-state index is 12.1. The zero-order valence-corrected chi connectivity index (χ0v) is 11.3. The topological polar surface area (TPSA) is 23.6 Å². The molecule has 0 unspecified atom stereocenters. The average Bonchev–Trinajstić information content (AvgIpc) is 2.83. The zero-order valence-electron chi connectivity index (χ0n) is 11.3. The summed E-state index contributed by atoms with van der Waals surface area (Å²) in [5.41, 5.74) is 0. The molecule has 2 rings (SSSR count). The first-order chi connectivity index (χ1) is 8.16. The van der Waals surface area contributed by atoms with E-state index >= 15 is 0 Å². The lowest BCUT2D eigenvalue weighted by atomic mass is 10.0. The normalized spacial score (nSPS) is 24.6. The summed E-state index contributed by atoms with van der Waals surface area (Å²) in [4.78, 5) is 16.9. The first kappa shape index (κ1) is 13.0. The highest BCUT2D eigenvalue weighted by Gasteiger charge is 2.26. The highest BCUT2D eigenvalue weighted by atomic mass is 16.1. The van der Waals surface area contributed by atoms with Crippen LogP contribution in [0, 0.1) is 5.92 Å². The van der Waals surface area contributed by atoms with Crippen molar-refractivity contribution >= 4 is 5.78 Å². The minimum Gasteiger partial charge on any atom is -0.298 e. The summed E-state index contributed by atoms with van der Waals surface area (Å²) in [6, 6.07) is 0.641. The van der Waals surface area contributed by atoms with Crippen LogP contribution >= 0.6 is 0 Å². The van der Waals surface area contributed by atoms with Crippen LogP contribution in [0.2, 0.25) is 0 Å². The maximum absolute atomic E-state index is 12.1. The first-order valence-electron chi connectivity index (χ1n) is 7.16. The van der Waals surface area contributed by atoms with Crippen LogP contribution in [-0.4, -0.2) is 54.3 Å². The average molecular weight is 238 g/mol. The summed E-state index contributed by atoms with van der Waals surface area (Å²) >= 11 is 0. The fraction of sp³-hybridized carbons (Fsp3) is 0.929. The van der Waals surface area contributed by atoms with Crippen LogP contribution in [0.1, 0.15) is 39.5 Å². The summed E-state index contributed by atoms with van der Waals surface area (Å²) in [5.74, 6) is 0.888. The van der Waals surface area contributed by atoms with E-state index in [2.05, 4.69) is 23.6 Å². The number of Topliss-reactive ketones (excluding diaryl/α,β-unsaturated/α-hetero) is 1. The second-order valence-corrected chi connectivity index (χ2v) is 5.85. The first-order valence-corrected chi connectivity index (χ1v) is 7.16. The number of carbonyl (C=O) groups excluding carboxylic acids is 1. The van der Waals surface area contributed by atoms with Crippen molar-refractivity contribution in [3.05, 3.63) is 0 Å². The van der Waals surface area contributed by atoms with Crippen LogP contribution in [0.3, 0.4) is 0 Å². The van der Waals surface area contributed by atoms with E-state index in [4.69, 9.17) is 0 Å². The van der Waals surface area contributed by atoms with E-state index in [0.717, 1.165) is 39.0 Å². The van der Waals surface area contributed by atoms with E-state index in [1.54, 1.807) is 0 Å². The van der Waals surface area contributed by atoms with E-state index in [1.807, 2.05) is 0 Å². The Labute approximate surface area is 105 Å². The van der Waals surface area contributed by atoms with Crippen LogP contribution in [0.4, 0.5) is 0 Å². The Balaban J connectivity index is 1.72. The molecule has 2 aliphatic rings. The lowest BCUT2D eigenvalue weighted by Crippen LogP contribution is -2.50. The molecule has 1 aliphatic carbocycles. The fourth-order valence-electron chi connectivity index (χ4n) is 3.04. The lowest BCUT2D eigenvalue weighted by molar-refractivity contribution is -0.124. The van der Waals surface area contributed by atoms with E-state index in [1.165, 1.54) is 12.8 Å². The monoisotopic (exact) mass is 238 g/mol. The second-order valence-electron chi connectivity index (χ2n) is 5.85. The molecule has 0 aromatic carbocycles. The third kappa shape index (κ3) is 3.52. The molecule has 0 aromatic heterocycles. The van der Waals surface area contributed by atoms with Gasteiger partial charge < -0.3 is 0 Å². The molecular formula is C14H26N2O. The lowest BCUT2D eigenvalue weighted by Gasteiger charge is -2.36. The van der Waals surface area contributed by atoms with Gasteiger partial charge in [0.2, 0.25) is 0 Å². The van der Waals surface area contributed by atoms with Gasteiger partial charge in [0.1, 0.15) is 5.78 Å². The molecule has 0 N–H and O–H groups in total. The Morgan fingerprint density at radius 1 is 1.12 bits per heavy atom. The predicted molar refractivity (Wildman–Crippen MR) is 70.1 cm³/mol. The van der Waals surface area contributed by atoms with Crippen molar-refractivity contribution in [3.8, 4) is 0 Å². The van der Waals surface area contributed by atoms with Gasteiger partial charge >= 0.3 is 0 Å². The van der Waals surface area contributed by atoms with Crippen LogP contribution < -0.4 is 0 Å². The summed E-state index contributed by atoms with van der Waals surface area (Å²) in [7, 11) is 0. The van der Waals surface area contributed by atoms with E-state index < -0.39 is 0 Å². The Bertz CT molecular complexity index is 251. The van der Waals surface area contributed by atoms with Crippen molar-refractivity contribution in [1.82, 2.24) is 9.80 Å². The van der Waals surface area contributed by atoms with Gasteiger partial charge in [0.15, 0.2) is 0 Å². The zero-order chi connectivity index (χ0) is 12.3. The van der Waals surface area contributed by atoms with Gasteiger partial charge in [-0.2, -0.15) is 0 Å². The van der Waals surface area contributed by atoms with Gasteiger partial charge in [0.25, 0.3) is 0 Å². The maximum Gasteiger partial charge on any atom is 0.149 e. The highest BCUT2D eigenvalue weighted by Crippen LogP contribution is 2.25. The smallest absolute Gasteiger partial charge is 0.149 e. The molecule has 0 atom stereocenters. The van der Waals surface area contributed by atoms with Crippen LogP contribution in [0.15, 0.2) is 0 Å². The van der Waals surface area contributed by atoms with Crippen molar-refractivity contribution in [3.63, 3.8) is 0 Å². The van der Waals surface area contributed by atoms with Crippen molar-refractivity contribution in [1.29, 1.82) is 0 Å². The largest absolute Gasteiger partial charge is 0.298 e. The molecule has 1 aliphatic heterocycles. The Morgan fingerprint density at radius 2 is 1.71 bits per heavy atom. The Hall–Kier alpha value is -0.410. The van der Waals surface area contributed by atoms with Gasteiger partial charge in [0, 0.05) is 38.1 Å². The second kappa shape index (κ2) is 5.96. The molecule has 98 valence electrons. The minimum absolute atomic E-state index is 0.387. The quantitative estimate of drug-likeness (QED) is 0.746.